The Morgan fingerprint density at radius 1 is 1.53 bits per heavy atom. The van der Waals surface area contributed by atoms with E-state index in [9.17, 15) is 9.18 Å². The van der Waals surface area contributed by atoms with Gasteiger partial charge in [0.15, 0.2) is 0 Å². The molecule has 1 saturated carbocycles. The van der Waals surface area contributed by atoms with Crippen LogP contribution in [0.3, 0.4) is 0 Å². The molecular weight excluding hydrogens is 195 g/mol. The number of hydrogen-bond donors (Lipinski definition) is 1. The van der Waals surface area contributed by atoms with E-state index in [0.29, 0.717) is 18.4 Å². The van der Waals surface area contributed by atoms with Crippen LogP contribution in [0.1, 0.15) is 30.1 Å². The number of aryl methyl sites for hydroxylation is 1. The van der Waals surface area contributed by atoms with Crippen molar-refractivity contribution < 1.29 is 14.3 Å². The number of carboxylic acids is 1. The summed E-state index contributed by atoms with van der Waals surface area (Å²) in [6.07, 6.45) is -0.496. The summed E-state index contributed by atoms with van der Waals surface area (Å²) in [5.74, 6) is -1.02. The fraction of sp³-hybridized carbons (Fsp3) is 0.417. The molecule has 2 nitrogen and oxygen atoms in total. The zero-order chi connectivity index (χ0) is 11.1. The molecule has 0 aliphatic heterocycles. The van der Waals surface area contributed by atoms with E-state index in [2.05, 4.69) is 0 Å². The van der Waals surface area contributed by atoms with Crippen LogP contribution in [0.25, 0.3) is 0 Å². The highest BCUT2D eigenvalue weighted by atomic mass is 19.1. The maximum absolute atomic E-state index is 14.0. The van der Waals surface area contributed by atoms with Gasteiger partial charge >= 0.3 is 5.97 Å². The highest BCUT2D eigenvalue weighted by Crippen LogP contribution is 2.56. The van der Waals surface area contributed by atoms with Gasteiger partial charge in [0.1, 0.15) is 11.6 Å². The van der Waals surface area contributed by atoms with Crippen molar-refractivity contribution in [3.05, 3.63) is 35.4 Å². The molecule has 15 heavy (non-hydrogen) atoms. The number of carboxylic acid groups (broad SMARTS) is 1. The number of halogens is 1. The second-order valence-electron chi connectivity index (χ2n) is 4.24. The highest BCUT2D eigenvalue weighted by molar-refractivity contribution is 5.79. The third-order valence-corrected chi connectivity index (χ3v) is 3.03. The molecule has 1 fully saturated rings. The first kappa shape index (κ1) is 10.1. The van der Waals surface area contributed by atoms with Crippen molar-refractivity contribution in [2.75, 3.05) is 0 Å². The molecular formula is C12H13FO2. The van der Waals surface area contributed by atoms with Crippen LogP contribution in [0.2, 0.25) is 0 Å². The maximum atomic E-state index is 14.0. The van der Waals surface area contributed by atoms with Crippen LogP contribution in [-0.4, -0.2) is 11.1 Å². The Bertz CT molecular complexity index is 396. The average molecular weight is 208 g/mol. The minimum absolute atomic E-state index is 0.442. The van der Waals surface area contributed by atoms with Gasteiger partial charge in [-0.1, -0.05) is 29.8 Å². The molecule has 1 N–H and O–H groups in total. The van der Waals surface area contributed by atoms with Gasteiger partial charge in [0.05, 0.1) is 0 Å². The van der Waals surface area contributed by atoms with E-state index in [-0.39, 0.29) is 0 Å². The topological polar surface area (TPSA) is 37.3 Å². The van der Waals surface area contributed by atoms with Crippen LogP contribution in [0.15, 0.2) is 24.3 Å². The molecule has 2 rings (SSSR count). The molecule has 0 radical (unpaired) electrons. The van der Waals surface area contributed by atoms with Gasteiger partial charge in [-0.3, -0.25) is 4.79 Å². The van der Waals surface area contributed by atoms with E-state index in [0.717, 1.165) is 5.56 Å². The third-order valence-electron chi connectivity index (χ3n) is 3.03. The summed E-state index contributed by atoms with van der Waals surface area (Å²) in [5.41, 5.74) is 0.291. The van der Waals surface area contributed by atoms with Gasteiger partial charge in [0, 0.05) is 0 Å². The number of rotatable bonds is 3. The SMILES string of the molecule is Cc1cccc(C(F)C2(C(=O)O)CC2)c1. The molecule has 80 valence electrons. The van der Waals surface area contributed by atoms with Crippen molar-refractivity contribution in [2.45, 2.75) is 25.9 Å². The molecule has 0 aromatic heterocycles. The predicted octanol–water partition coefficient (Wildman–Crippen LogP) is 2.87. The minimum Gasteiger partial charge on any atom is -0.481 e. The molecule has 1 aromatic rings. The van der Waals surface area contributed by atoms with E-state index in [4.69, 9.17) is 5.11 Å². The van der Waals surface area contributed by atoms with Crippen LogP contribution in [0.4, 0.5) is 4.39 Å². The standard InChI is InChI=1S/C12H13FO2/c1-8-3-2-4-9(7-8)10(13)12(5-6-12)11(14)15/h2-4,7,10H,5-6H2,1H3,(H,14,15). The van der Waals surface area contributed by atoms with Gasteiger partial charge in [0.2, 0.25) is 0 Å². The van der Waals surface area contributed by atoms with Crippen molar-refractivity contribution in [3.63, 3.8) is 0 Å². The van der Waals surface area contributed by atoms with Crippen molar-refractivity contribution in [1.29, 1.82) is 0 Å². The van der Waals surface area contributed by atoms with Crippen LogP contribution in [0, 0.1) is 12.3 Å². The van der Waals surface area contributed by atoms with Crippen molar-refractivity contribution in [2.24, 2.45) is 5.41 Å². The quantitative estimate of drug-likeness (QED) is 0.829. The molecule has 1 atom stereocenters. The van der Waals surface area contributed by atoms with Gasteiger partial charge in [-0.25, -0.2) is 4.39 Å². The normalized spacial score (nSPS) is 19.6. The highest BCUT2D eigenvalue weighted by Gasteiger charge is 2.57. The first-order valence-electron chi connectivity index (χ1n) is 5.00. The van der Waals surface area contributed by atoms with Gasteiger partial charge in [-0.05, 0) is 25.3 Å². The summed E-state index contributed by atoms with van der Waals surface area (Å²) >= 11 is 0. The predicted molar refractivity (Wildman–Crippen MR) is 54.3 cm³/mol. The Hall–Kier alpha value is -1.38. The molecule has 3 heteroatoms. The zero-order valence-corrected chi connectivity index (χ0v) is 8.53. The van der Waals surface area contributed by atoms with Crippen LogP contribution >= 0.6 is 0 Å². The number of hydrogen-bond acceptors (Lipinski definition) is 1. The van der Waals surface area contributed by atoms with E-state index >= 15 is 0 Å². The Morgan fingerprint density at radius 2 is 2.20 bits per heavy atom. The van der Waals surface area contributed by atoms with E-state index in [1.807, 2.05) is 13.0 Å². The fourth-order valence-electron chi connectivity index (χ4n) is 1.86. The number of benzene rings is 1. The van der Waals surface area contributed by atoms with E-state index < -0.39 is 17.6 Å². The summed E-state index contributed by atoms with van der Waals surface area (Å²) in [6.45, 7) is 1.87. The van der Waals surface area contributed by atoms with Gasteiger partial charge in [-0.2, -0.15) is 0 Å². The lowest BCUT2D eigenvalue weighted by molar-refractivity contribution is -0.146. The fourth-order valence-corrected chi connectivity index (χ4v) is 1.86. The lowest BCUT2D eigenvalue weighted by Gasteiger charge is -2.16. The molecule has 0 bridgehead atoms. The molecule has 0 amide bonds. The summed E-state index contributed by atoms with van der Waals surface area (Å²) < 4.78 is 14.0. The Kier molecular flexibility index (Phi) is 2.25. The van der Waals surface area contributed by atoms with Crippen molar-refractivity contribution >= 4 is 5.97 Å². The number of alkyl halides is 1. The summed E-state index contributed by atoms with van der Waals surface area (Å²) in [4.78, 5) is 10.9. The van der Waals surface area contributed by atoms with Gasteiger partial charge in [-0.15, -0.1) is 0 Å². The lowest BCUT2D eigenvalue weighted by atomic mass is 9.93. The van der Waals surface area contributed by atoms with E-state index in [1.165, 1.54) is 0 Å². The molecule has 0 spiro atoms. The van der Waals surface area contributed by atoms with Crippen LogP contribution in [0.5, 0.6) is 0 Å². The van der Waals surface area contributed by atoms with Gasteiger partial charge < -0.3 is 5.11 Å². The summed E-state index contributed by atoms with van der Waals surface area (Å²) in [5, 5.41) is 8.96. The lowest BCUT2D eigenvalue weighted by Crippen LogP contribution is -2.20. The molecule has 1 aliphatic rings. The van der Waals surface area contributed by atoms with E-state index in [1.54, 1.807) is 18.2 Å². The van der Waals surface area contributed by atoms with Gasteiger partial charge in [0.25, 0.3) is 0 Å². The third kappa shape index (κ3) is 1.62. The number of aliphatic carboxylic acids is 1. The summed E-state index contributed by atoms with van der Waals surface area (Å²) in [7, 11) is 0. The van der Waals surface area contributed by atoms with Crippen LogP contribution < -0.4 is 0 Å². The second-order valence-corrected chi connectivity index (χ2v) is 4.24. The second kappa shape index (κ2) is 3.33. The molecule has 1 unspecified atom stereocenters. The average Bonchev–Trinajstić information content (AvgIpc) is 2.97. The minimum atomic E-state index is -1.38. The molecule has 1 aliphatic carbocycles. The first-order chi connectivity index (χ1) is 7.06. The Labute approximate surface area is 87.7 Å². The first-order valence-corrected chi connectivity index (χ1v) is 5.00. The Balaban J connectivity index is 2.29. The van der Waals surface area contributed by atoms with Crippen LogP contribution in [-0.2, 0) is 4.79 Å². The van der Waals surface area contributed by atoms with Crippen molar-refractivity contribution in [1.82, 2.24) is 0 Å². The molecule has 0 heterocycles. The monoisotopic (exact) mass is 208 g/mol. The van der Waals surface area contributed by atoms with Crippen molar-refractivity contribution in [3.8, 4) is 0 Å². The Morgan fingerprint density at radius 3 is 2.67 bits per heavy atom. The smallest absolute Gasteiger partial charge is 0.312 e. The zero-order valence-electron chi connectivity index (χ0n) is 8.53. The number of carbonyl (C=O) groups is 1. The molecule has 1 aromatic carbocycles. The summed E-state index contributed by atoms with van der Waals surface area (Å²) in [6, 6.07) is 7.00. The molecule has 0 saturated heterocycles. The largest absolute Gasteiger partial charge is 0.481 e. The maximum Gasteiger partial charge on any atom is 0.312 e.